The van der Waals surface area contributed by atoms with Crippen LogP contribution in [-0.4, -0.2) is 34.4 Å². The number of rotatable bonds is 3. The molecule has 2 atom stereocenters. The lowest BCUT2D eigenvalue weighted by Gasteiger charge is -2.26. The zero-order valence-corrected chi connectivity index (χ0v) is 12.6. The number of amides is 1. The molecular weight excluding hydrogens is 281 g/mol. The first-order valence-corrected chi connectivity index (χ1v) is 6.71. The van der Waals surface area contributed by atoms with E-state index in [2.05, 4.69) is 4.98 Å². The monoisotopic (exact) mass is 301 g/mol. The Labute approximate surface area is 125 Å². The summed E-state index contributed by atoms with van der Waals surface area (Å²) in [6.45, 7) is 4.39. The van der Waals surface area contributed by atoms with E-state index in [9.17, 15) is 9.18 Å². The summed E-state index contributed by atoms with van der Waals surface area (Å²) < 4.78 is 13.8. The minimum atomic E-state index is -0.448. The molecule has 1 saturated heterocycles. The van der Waals surface area contributed by atoms with Crippen LogP contribution in [0, 0.1) is 5.82 Å². The number of likely N-dealkylation sites (tertiary alicyclic amines) is 1. The first-order chi connectivity index (χ1) is 9.04. The molecule has 0 bridgehead atoms. The highest BCUT2D eigenvalue weighted by Crippen LogP contribution is 2.25. The van der Waals surface area contributed by atoms with E-state index in [-0.39, 0.29) is 30.4 Å². The predicted molar refractivity (Wildman–Crippen MR) is 78.5 cm³/mol. The molecule has 112 valence electrons. The van der Waals surface area contributed by atoms with E-state index in [0.29, 0.717) is 24.2 Å². The molecule has 2 rings (SSSR count). The maximum absolute atomic E-state index is 13.8. The highest BCUT2D eigenvalue weighted by molar-refractivity contribution is 5.94. The molecule has 0 unspecified atom stereocenters. The second-order valence-electron chi connectivity index (χ2n) is 5.18. The minimum Gasteiger partial charge on any atom is -0.333 e. The van der Waals surface area contributed by atoms with Crippen molar-refractivity contribution in [2.24, 2.45) is 5.73 Å². The molecule has 1 fully saturated rings. The van der Waals surface area contributed by atoms with Crippen LogP contribution in [0.3, 0.4) is 0 Å². The average molecular weight is 302 g/mol. The van der Waals surface area contributed by atoms with E-state index in [0.717, 1.165) is 12.8 Å². The summed E-state index contributed by atoms with van der Waals surface area (Å²) in [5, 5.41) is 0. The van der Waals surface area contributed by atoms with Crippen molar-refractivity contribution in [2.75, 3.05) is 6.54 Å². The first kappa shape index (κ1) is 16.9. The van der Waals surface area contributed by atoms with Crippen molar-refractivity contribution in [3.63, 3.8) is 0 Å². The van der Waals surface area contributed by atoms with Gasteiger partial charge in [0.15, 0.2) is 0 Å². The van der Waals surface area contributed by atoms with Crippen LogP contribution < -0.4 is 5.73 Å². The number of pyridine rings is 1. The van der Waals surface area contributed by atoms with Gasteiger partial charge < -0.3 is 10.6 Å². The molecule has 4 nitrogen and oxygen atoms in total. The Morgan fingerprint density at radius 2 is 2.05 bits per heavy atom. The Hall–Kier alpha value is -1.20. The number of carbonyl (C=O) groups is 1. The smallest absolute Gasteiger partial charge is 0.256 e. The Morgan fingerprint density at radius 1 is 1.45 bits per heavy atom. The van der Waals surface area contributed by atoms with Crippen LogP contribution in [0.4, 0.5) is 4.39 Å². The predicted octanol–water partition coefficient (Wildman–Crippen LogP) is 2.16. The van der Waals surface area contributed by atoms with Crippen molar-refractivity contribution >= 4 is 18.3 Å². The highest BCUT2D eigenvalue weighted by atomic mass is 35.5. The number of hydrogen-bond acceptors (Lipinski definition) is 3. The summed E-state index contributed by atoms with van der Waals surface area (Å²) in [4.78, 5) is 18.2. The van der Waals surface area contributed by atoms with Gasteiger partial charge in [-0.25, -0.2) is 4.39 Å². The third-order valence-electron chi connectivity index (χ3n) is 3.73. The molecule has 2 N–H and O–H groups in total. The van der Waals surface area contributed by atoms with Crippen LogP contribution in [0.5, 0.6) is 0 Å². The molecule has 2 heterocycles. The van der Waals surface area contributed by atoms with Gasteiger partial charge in [0.1, 0.15) is 5.82 Å². The normalized spacial score (nSPS) is 21.7. The fourth-order valence-electron chi connectivity index (χ4n) is 2.65. The van der Waals surface area contributed by atoms with Gasteiger partial charge >= 0.3 is 0 Å². The molecule has 1 aliphatic rings. The van der Waals surface area contributed by atoms with Crippen LogP contribution in [-0.2, 0) is 6.42 Å². The number of hydrogen-bond donors (Lipinski definition) is 1. The number of aromatic nitrogens is 1. The quantitative estimate of drug-likeness (QED) is 0.930. The van der Waals surface area contributed by atoms with Gasteiger partial charge in [0.25, 0.3) is 5.91 Å². The van der Waals surface area contributed by atoms with E-state index >= 15 is 0 Å². The van der Waals surface area contributed by atoms with E-state index < -0.39 is 5.82 Å². The van der Waals surface area contributed by atoms with Crippen molar-refractivity contribution < 1.29 is 9.18 Å². The average Bonchev–Trinajstić information content (AvgIpc) is 2.71. The van der Waals surface area contributed by atoms with Crippen LogP contribution in [0.15, 0.2) is 12.3 Å². The van der Waals surface area contributed by atoms with Crippen LogP contribution >= 0.6 is 12.4 Å². The van der Waals surface area contributed by atoms with Gasteiger partial charge in [-0.15, -0.1) is 12.4 Å². The van der Waals surface area contributed by atoms with Crippen molar-refractivity contribution in [2.45, 2.75) is 45.2 Å². The Morgan fingerprint density at radius 3 is 2.55 bits per heavy atom. The first-order valence-electron chi connectivity index (χ1n) is 6.71. The maximum Gasteiger partial charge on any atom is 0.256 e. The fourth-order valence-corrected chi connectivity index (χ4v) is 2.65. The molecule has 1 aliphatic heterocycles. The van der Waals surface area contributed by atoms with Gasteiger partial charge in [-0.1, -0.05) is 0 Å². The standard InChI is InChI=1S/C14H20FN3O.ClH/c1-9-3-4-10(2)18(9)14(19)11-7-12(15)13(5-6-16)17-8-11;/h7-10H,3-6,16H2,1-2H3;1H/t9-,10+;. The SMILES string of the molecule is C[C@@H]1CC[C@H](C)N1C(=O)c1cnc(CCN)c(F)c1.Cl. The number of nitrogens with two attached hydrogens (primary N) is 1. The van der Waals surface area contributed by atoms with Crippen LogP contribution in [0.2, 0.25) is 0 Å². The van der Waals surface area contributed by atoms with Crippen molar-refractivity contribution in [1.82, 2.24) is 9.88 Å². The van der Waals surface area contributed by atoms with E-state index in [1.807, 2.05) is 18.7 Å². The van der Waals surface area contributed by atoms with Crippen LogP contribution in [0.1, 0.15) is 42.7 Å². The molecule has 1 amide bonds. The highest BCUT2D eigenvalue weighted by Gasteiger charge is 2.32. The van der Waals surface area contributed by atoms with Gasteiger partial charge in [0.05, 0.1) is 11.3 Å². The lowest BCUT2D eigenvalue weighted by atomic mass is 10.1. The van der Waals surface area contributed by atoms with Crippen molar-refractivity contribution in [1.29, 1.82) is 0 Å². The van der Waals surface area contributed by atoms with Crippen LogP contribution in [0.25, 0.3) is 0 Å². The van der Waals surface area contributed by atoms with Crippen molar-refractivity contribution in [3.05, 3.63) is 29.3 Å². The summed E-state index contributed by atoms with van der Waals surface area (Å²) in [5.41, 5.74) is 6.02. The summed E-state index contributed by atoms with van der Waals surface area (Å²) in [6.07, 6.45) is 3.83. The largest absolute Gasteiger partial charge is 0.333 e. The molecule has 1 aromatic rings. The summed E-state index contributed by atoms with van der Waals surface area (Å²) >= 11 is 0. The molecule has 0 aromatic carbocycles. The molecule has 0 radical (unpaired) electrons. The summed E-state index contributed by atoms with van der Waals surface area (Å²) in [7, 11) is 0. The topological polar surface area (TPSA) is 59.2 Å². The summed E-state index contributed by atoms with van der Waals surface area (Å²) in [5.74, 6) is -0.584. The third kappa shape index (κ3) is 3.27. The molecule has 0 spiro atoms. The zero-order chi connectivity index (χ0) is 14.0. The molecule has 0 aliphatic carbocycles. The Kier molecular flexibility index (Phi) is 5.89. The third-order valence-corrected chi connectivity index (χ3v) is 3.73. The Bertz CT molecular complexity index is 473. The van der Waals surface area contributed by atoms with E-state index in [4.69, 9.17) is 5.73 Å². The maximum atomic E-state index is 13.8. The zero-order valence-electron chi connectivity index (χ0n) is 11.8. The van der Waals surface area contributed by atoms with Gasteiger partial charge in [-0.05, 0) is 39.3 Å². The number of carbonyl (C=O) groups excluding carboxylic acids is 1. The second-order valence-corrected chi connectivity index (χ2v) is 5.18. The fraction of sp³-hybridized carbons (Fsp3) is 0.571. The lowest BCUT2D eigenvalue weighted by Crippen LogP contribution is -2.38. The van der Waals surface area contributed by atoms with Crippen molar-refractivity contribution in [3.8, 4) is 0 Å². The number of halogens is 2. The molecular formula is C14H21ClFN3O. The molecule has 1 aromatic heterocycles. The molecule has 6 heteroatoms. The molecule has 0 saturated carbocycles. The summed E-state index contributed by atoms with van der Waals surface area (Å²) in [6, 6.07) is 1.68. The van der Waals surface area contributed by atoms with Gasteiger partial charge in [0, 0.05) is 24.7 Å². The second kappa shape index (κ2) is 6.99. The van der Waals surface area contributed by atoms with Gasteiger partial charge in [0.2, 0.25) is 0 Å². The number of nitrogens with zero attached hydrogens (tertiary/aromatic N) is 2. The van der Waals surface area contributed by atoms with Gasteiger partial charge in [-0.2, -0.15) is 0 Å². The van der Waals surface area contributed by atoms with Gasteiger partial charge in [-0.3, -0.25) is 9.78 Å². The van der Waals surface area contributed by atoms with E-state index in [1.54, 1.807) is 0 Å². The molecule has 20 heavy (non-hydrogen) atoms. The minimum absolute atomic E-state index is 0. The lowest BCUT2D eigenvalue weighted by molar-refractivity contribution is 0.0692. The van der Waals surface area contributed by atoms with E-state index in [1.165, 1.54) is 12.3 Å². The Balaban J connectivity index is 0.00000200.